The zero-order valence-electron chi connectivity index (χ0n) is 33.6. The van der Waals surface area contributed by atoms with Crippen molar-refractivity contribution in [1.29, 1.82) is 0 Å². The quantitative estimate of drug-likeness (QED) is 0.0478. The number of nitrogen functional groups attached to an aromatic ring is 1. The molecule has 1 aliphatic carbocycles. The highest BCUT2D eigenvalue weighted by molar-refractivity contribution is 7.99. The molecule has 2 aromatic rings. The summed E-state index contributed by atoms with van der Waals surface area (Å²) in [6, 6.07) is 0. The van der Waals surface area contributed by atoms with Crippen LogP contribution in [0.2, 0.25) is 0 Å². The van der Waals surface area contributed by atoms with Crippen molar-refractivity contribution in [2.24, 2.45) is 16.3 Å². The molecule has 1 fully saturated rings. The van der Waals surface area contributed by atoms with Crippen LogP contribution in [0.5, 0.6) is 0 Å². The van der Waals surface area contributed by atoms with Crippen LogP contribution in [0, 0.1) is 11.3 Å². The Morgan fingerprint density at radius 2 is 1.73 bits per heavy atom. The number of ether oxygens (including phenoxy) is 1. The second-order valence-corrected chi connectivity index (χ2v) is 20.0. The van der Waals surface area contributed by atoms with E-state index in [1.165, 1.54) is 25.6 Å². The van der Waals surface area contributed by atoms with E-state index in [0.29, 0.717) is 18.7 Å². The number of hydrogen-bond donors (Lipinski definition) is 10. The summed E-state index contributed by atoms with van der Waals surface area (Å²) in [6.07, 6.45) is 3.50. The first-order chi connectivity index (χ1) is 29.6. The van der Waals surface area contributed by atoms with Crippen molar-refractivity contribution in [3.8, 4) is 0 Å². The van der Waals surface area contributed by atoms with Gasteiger partial charge in [0.1, 0.15) is 36.3 Å². The number of phosphoric ester groups is 3. The van der Waals surface area contributed by atoms with Crippen molar-refractivity contribution >= 4 is 75.6 Å². The molecule has 1 saturated heterocycles. The molecule has 8 atom stereocenters. The van der Waals surface area contributed by atoms with Gasteiger partial charge in [0.2, 0.25) is 17.7 Å². The van der Waals surface area contributed by atoms with Gasteiger partial charge in [-0.15, -0.1) is 0 Å². The number of aliphatic imine (C=N–C) groups is 1. The summed E-state index contributed by atoms with van der Waals surface area (Å²) >= 11 is 1.33. The smallest absolute Gasteiger partial charge is 0.386 e. The summed E-state index contributed by atoms with van der Waals surface area (Å²) < 4.78 is 62.3. The Balaban J connectivity index is 0.981. The summed E-state index contributed by atoms with van der Waals surface area (Å²) in [4.78, 5) is 92.6. The van der Waals surface area contributed by atoms with Gasteiger partial charge in [-0.25, -0.2) is 28.6 Å². The van der Waals surface area contributed by atoms with E-state index in [1.54, 1.807) is 0 Å². The maximum Gasteiger partial charge on any atom is 0.481 e. The summed E-state index contributed by atoms with van der Waals surface area (Å²) in [6.45, 7) is 1.02. The lowest BCUT2D eigenvalue weighted by Crippen LogP contribution is -2.46. The molecule has 11 N–H and O–H groups in total. The average Bonchev–Trinajstić information content (AvgIpc) is 3.91. The van der Waals surface area contributed by atoms with Crippen molar-refractivity contribution in [3.63, 3.8) is 0 Å². The van der Waals surface area contributed by atoms with Crippen LogP contribution in [0.3, 0.4) is 0 Å². The van der Waals surface area contributed by atoms with Crippen LogP contribution in [0.1, 0.15) is 32.9 Å². The summed E-state index contributed by atoms with van der Waals surface area (Å²) in [5, 5.41) is 29.4. The predicted octanol–water partition coefficient (Wildman–Crippen LogP) is -0.275. The van der Waals surface area contributed by atoms with E-state index in [9.17, 15) is 57.9 Å². The highest BCUT2D eigenvalue weighted by Gasteiger charge is 2.50. The number of nitrogens with zero attached hydrogens (tertiary/aromatic N) is 5. The molecule has 63 heavy (non-hydrogen) atoms. The first-order valence-corrected chi connectivity index (χ1v) is 24.6. The largest absolute Gasteiger partial charge is 0.481 e. The number of anilines is 1. The molecule has 0 bridgehead atoms. The standard InChI is InChI=1S/C33H48N9O17P3S/c1-33(2,28(46)31(47)37-10-8-23(43)36-11-12-63-15-24(44)35-9-7-19-13-38-21-6-4-3-5-20(19)21)16-56-62(53,54)59-61(51,52)55-14-22-27(58-60(48,49)50)26(45)32(57-22)42-18-41-25-29(34)39-17-40-30(25)42/h3-6,13,17-18,20,22,26-28,32,45-46H,7-12,14-16H2,1-2H3,(H,35,44)(H,36,43)(H,37,47)(H,51,52)(H,53,54)(H2,34,39,40)(H2,48,49,50)/t20?,22-,26+,27-,28-,32+/m0/s1. The van der Waals surface area contributed by atoms with Crippen molar-refractivity contribution in [1.82, 2.24) is 35.5 Å². The predicted molar refractivity (Wildman–Crippen MR) is 222 cm³/mol. The Morgan fingerprint density at radius 3 is 2.48 bits per heavy atom. The van der Waals surface area contributed by atoms with Gasteiger partial charge in [0.15, 0.2) is 17.7 Å². The minimum atomic E-state index is -5.58. The number of rotatable bonds is 24. The maximum atomic E-state index is 12.7. The lowest BCUT2D eigenvalue weighted by atomic mass is 9.87. The van der Waals surface area contributed by atoms with Crippen LogP contribution in [0.15, 0.2) is 53.7 Å². The zero-order valence-corrected chi connectivity index (χ0v) is 37.1. The molecule has 2 aliphatic heterocycles. The molecule has 2 aromatic heterocycles. The lowest BCUT2D eigenvalue weighted by Gasteiger charge is -2.30. The van der Waals surface area contributed by atoms with Gasteiger partial charge >= 0.3 is 23.5 Å². The van der Waals surface area contributed by atoms with Gasteiger partial charge in [-0.05, 0) is 18.1 Å². The van der Waals surface area contributed by atoms with E-state index in [2.05, 4.69) is 50.8 Å². The van der Waals surface area contributed by atoms with Gasteiger partial charge in [0, 0.05) is 49.3 Å². The van der Waals surface area contributed by atoms with Crippen molar-refractivity contribution < 1.29 is 80.5 Å². The molecular formula is C33H48N9O17P3S. The Hall–Kier alpha value is -3.75. The maximum absolute atomic E-state index is 12.7. The second-order valence-electron chi connectivity index (χ2n) is 14.7. The minimum absolute atomic E-state index is 0.0290. The molecule has 348 valence electrons. The van der Waals surface area contributed by atoms with Crippen LogP contribution in [-0.4, -0.2) is 142 Å². The molecule has 4 heterocycles. The van der Waals surface area contributed by atoms with Gasteiger partial charge in [0.05, 0.1) is 31.0 Å². The van der Waals surface area contributed by atoms with Crippen LogP contribution < -0.4 is 21.7 Å². The Kier molecular flexibility index (Phi) is 17.1. The molecule has 0 aromatic carbocycles. The highest BCUT2D eigenvalue weighted by atomic mass is 32.2. The van der Waals surface area contributed by atoms with Crippen molar-refractivity contribution in [2.75, 3.05) is 50.1 Å². The fourth-order valence-corrected chi connectivity index (χ4v) is 9.70. The van der Waals surface area contributed by atoms with Gasteiger partial charge in [-0.2, -0.15) is 16.1 Å². The molecule has 0 saturated carbocycles. The third kappa shape index (κ3) is 14.4. The number of hydrogen-bond acceptors (Lipinski definition) is 19. The Morgan fingerprint density at radius 1 is 1.00 bits per heavy atom. The average molecular weight is 968 g/mol. The number of aromatic nitrogens is 4. The number of aliphatic hydroxyl groups excluding tert-OH is 2. The highest BCUT2D eigenvalue weighted by Crippen LogP contribution is 2.61. The number of fused-ring (bicyclic) bond motifs is 2. The summed E-state index contributed by atoms with van der Waals surface area (Å²) in [7, 11) is -16.4. The monoisotopic (exact) mass is 967 g/mol. The number of aliphatic hydroxyl groups is 2. The molecule has 3 aliphatic rings. The van der Waals surface area contributed by atoms with Gasteiger partial charge < -0.3 is 56.2 Å². The second kappa shape index (κ2) is 21.5. The molecule has 5 rings (SSSR count). The number of thioether (sulfide) groups is 1. The SMILES string of the molecule is CC(C)(COP(=O)(O)OP(=O)(O)OC[C@@H]1O[C@@H](n2cnc3c(N)ncnc32)[C@H](O)[C@H]1OP(=O)(O)O)[C@@H](O)C(=O)NCCC(=O)NCCSCC(=O)NCCC1=CN=C2C=CC=CC12. The molecule has 26 nitrogen and oxygen atoms in total. The van der Waals surface area contributed by atoms with E-state index < -0.39 is 84.6 Å². The summed E-state index contributed by atoms with van der Waals surface area (Å²) in [5.74, 6) is -0.781. The molecule has 3 unspecified atom stereocenters. The van der Waals surface area contributed by atoms with Crippen LogP contribution in [-0.2, 0) is 50.7 Å². The topological polar surface area (TPSA) is 388 Å². The zero-order chi connectivity index (χ0) is 46.2. The number of carbonyl (C=O) groups is 3. The lowest BCUT2D eigenvalue weighted by molar-refractivity contribution is -0.137. The molecule has 30 heteroatoms. The van der Waals surface area contributed by atoms with Gasteiger partial charge in [-0.3, -0.25) is 37.5 Å². The van der Waals surface area contributed by atoms with E-state index in [0.717, 1.165) is 28.5 Å². The number of carbonyl (C=O) groups excluding carboxylic acids is 3. The van der Waals surface area contributed by atoms with E-state index in [1.807, 2.05) is 24.4 Å². The number of nitrogens with two attached hydrogens (primary N) is 1. The molecule has 0 spiro atoms. The molecule has 3 amide bonds. The van der Waals surface area contributed by atoms with Crippen LogP contribution in [0.4, 0.5) is 5.82 Å². The summed E-state index contributed by atoms with van der Waals surface area (Å²) in [5.41, 5.74) is 6.38. The normalized spacial score (nSPS) is 23.3. The first kappa shape index (κ1) is 50.3. The minimum Gasteiger partial charge on any atom is -0.386 e. The van der Waals surface area contributed by atoms with Gasteiger partial charge in [0.25, 0.3) is 0 Å². The van der Waals surface area contributed by atoms with Crippen molar-refractivity contribution in [2.45, 2.75) is 57.3 Å². The van der Waals surface area contributed by atoms with Crippen LogP contribution in [0.25, 0.3) is 11.2 Å². The number of imidazole rings is 1. The van der Waals surface area contributed by atoms with Gasteiger partial charge in [-0.1, -0.05) is 32.1 Å². The van der Waals surface area contributed by atoms with Crippen LogP contribution >= 0.6 is 35.2 Å². The third-order valence-electron chi connectivity index (χ3n) is 9.39. The third-order valence-corrected chi connectivity index (χ3v) is 13.5. The van der Waals surface area contributed by atoms with E-state index >= 15 is 0 Å². The number of allylic oxidation sites excluding steroid dienone is 4. The molecular weight excluding hydrogens is 919 g/mol. The fraction of sp³-hybridized carbons (Fsp3) is 0.545. The number of amides is 3. The van der Waals surface area contributed by atoms with E-state index in [4.69, 9.17) is 19.5 Å². The first-order valence-electron chi connectivity index (χ1n) is 18.9. The number of nitrogens with one attached hydrogen (secondary N) is 3. The van der Waals surface area contributed by atoms with E-state index in [-0.39, 0.29) is 54.1 Å². The number of phosphoric acid groups is 3. The Bertz CT molecular complexity index is 2270. The fourth-order valence-electron chi connectivity index (χ4n) is 6.19. The van der Waals surface area contributed by atoms with Crippen molar-refractivity contribution in [3.05, 3.63) is 48.7 Å². The Labute approximate surface area is 363 Å². The molecule has 0 radical (unpaired) electrons.